The minimum atomic E-state index is 0.451. The summed E-state index contributed by atoms with van der Waals surface area (Å²) in [7, 11) is 0. The van der Waals surface area contributed by atoms with Crippen LogP contribution in [-0.4, -0.2) is 19.1 Å². The van der Waals surface area contributed by atoms with Crippen molar-refractivity contribution >= 4 is 0 Å². The third kappa shape index (κ3) is 1.75. The summed E-state index contributed by atoms with van der Waals surface area (Å²) in [6, 6.07) is 0.451. The molecule has 0 aromatic heterocycles. The first-order valence-electron chi connectivity index (χ1n) is 5.27. The van der Waals surface area contributed by atoms with Crippen LogP contribution in [0, 0.1) is 16.7 Å². The zero-order valence-corrected chi connectivity index (χ0v) is 9.65. The van der Waals surface area contributed by atoms with Crippen molar-refractivity contribution in [1.82, 2.24) is 5.32 Å². The first kappa shape index (κ1) is 11.0. The van der Waals surface area contributed by atoms with Gasteiger partial charge in [0.25, 0.3) is 0 Å². The molecule has 1 atom stereocenters. The molecule has 1 unspecified atom stereocenters. The van der Waals surface area contributed by atoms with Crippen molar-refractivity contribution in [2.75, 3.05) is 13.1 Å². The number of hydrogen-bond donors (Lipinski definition) is 2. The van der Waals surface area contributed by atoms with E-state index in [9.17, 15) is 0 Å². The average molecular weight is 184 g/mol. The Balaban J connectivity index is 2.34. The number of nitrogens with two attached hydrogens (primary N) is 1. The summed E-state index contributed by atoms with van der Waals surface area (Å²) in [5.41, 5.74) is 6.54. The second-order valence-electron chi connectivity index (χ2n) is 5.54. The van der Waals surface area contributed by atoms with Crippen LogP contribution in [0.15, 0.2) is 0 Å². The zero-order chi connectivity index (χ0) is 10.3. The quantitative estimate of drug-likeness (QED) is 0.696. The number of rotatable bonds is 4. The molecule has 1 rings (SSSR count). The molecule has 78 valence electrons. The molecule has 13 heavy (non-hydrogen) atoms. The van der Waals surface area contributed by atoms with Crippen LogP contribution >= 0.6 is 0 Å². The van der Waals surface area contributed by atoms with Gasteiger partial charge in [-0.3, -0.25) is 0 Å². The predicted molar refractivity (Wildman–Crippen MR) is 57.6 cm³/mol. The van der Waals surface area contributed by atoms with Crippen molar-refractivity contribution in [2.24, 2.45) is 22.5 Å². The molecule has 1 aliphatic carbocycles. The van der Waals surface area contributed by atoms with E-state index in [1.165, 1.54) is 0 Å². The van der Waals surface area contributed by atoms with E-state index in [0.717, 1.165) is 19.0 Å². The molecular weight excluding hydrogens is 160 g/mol. The van der Waals surface area contributed by atoms with Gasteiger partial charge in [0.2, 0.25) is 0 Å². The Kier molecular flexibility index (Phi) is 2.75. The largest absolute Gasteiger partial charge is 0.329 e. The molecule has 0 aromatic carbocycles. The van der Waals surface area contributed by atoms with Crippen molar-refractivity contribution in [3.8, 4) is 0 Å². The zero-order valence-electron chi connectivity index (χ0n) is 9.65. The second-order valence-corrected chi connectivity index (χ2v) is 5.54. The highest BCUT2D eigenvalue weighted by molar-refractivity contribution is 5.12. The fourth-order valence-electron chi connectivity index (χ4n) is 2.25. The van der Waals surface area contributed by atoms with Crippen LogP contribution in [0.25, 0.3) is 0 Å². The van der Waals surface area contributed by atoms with Crippen molar-refractivity contribution in [3.05, 3.63) is 0 Å². The standard InChI is InChI=1S/C11H24N2/c1-8(6-12)13-7-9-10(2,3)11(9,4)5/h8-9,13H,6-7,12H2,1-5H3. The molecule has 0 heterocycles. The molecular formula is C11H24N2. The Labute approximate surface area is 82.3 Å². The van der Waals surface area contributed by atoms with Gasteiger partial charge in [-0.2, -0.15) is 0 Å². The summed E-state index contributed by atoms with van der Waals surface area (Å²) in [5.74, 6) is 0.800. The van der Waals surface area contributed by atoms with E-state index < -0.39 is 0 Å². The fourth-order valence-corrected chi connectivity index (χ4v) is 2.25. The summed E-state index contributed by atoms with van der Waals surface area (Å²) in [5, 5.41) is 3.48. The highest BCUT2D eigenvalue weighted by Gasteiger charge is 2.63. The third-order valence-electron chi connectivity index (χ3n) is 4.34. The van der Waals surface area contributed by atoms with Crippen LogP contribution in [0.5, 0.6) is 0 Å². The van der Waals surface area contributed by atoms with E-state index in [1.54, 1.807) is 0 Å². The van der Waals surface area contributed by atoms with Crippen LogP contribution in [0.2, 0.25) is 0 Å². The summed E-state index contributed by atoms with van der Waals surface area (Å²) in [6.07, 6.45) is 0. The highest BCUT2D eigenvalue weighted by atomic mass is 15.0. The SMILES string of the molecule is CC(CN)NCC1C(C)(C)C1(C)C. The van der Waals surface area contributed by atoms with Gasteiger partial charge in [0.1, 0.15) is 0 Å². The lowest BCUT2D eigenvalue weighted by molar-refractivity contribution is 0.457. The molecule has 0 spiro atoms. The first-order valence-corrected chi connectivity index (χ1v) is 5.27. The number of nitrogens with one attached hydrogen (secondary N) is 1. The lowest BCUT2D eigenvalue weighted by Gasteiger charge is -2.11. The predicted octanol–water partition coefficient (Wildman–Crippen LogP) is 1.61. The Morgan fingerprint density at radius 3 is 2.00 bits per heavy atom. The van der Waals surface area contributed by atoms with Gasteiger partial charge in [-0.1, -0.05) is 27.7 Å². The molecule has 0 bridgehead atoms. The Morgan fingerprint density at radius 1 is 1.23 bits per heavy atom. The van der Waals surface area contributed by atoms with Crippen LogP contribution in [0.3, 0.4) is 0 Å². The van der Waals surface area contributed by atoms with Gasteiger partial charge in [-0.05, 0) is 30.2 Å². The van der Waals surface area contributed by atoms with Crippen molar-refractivity contribution in [1.29, 1.82) is 0 Å². The highest BCUT2D eigenvalue weighted by Crippen LogP contribution is 2.67. The van der Waals surface area contributed by atoms with E-state index in [4.69, 9.17) is 5.73 Å². The van der Waals surface area contributed by atoms with Crippen molar-refractivity contribution in [2.45, 2.75) is 40.7 Å². The maximum absolute atomic E-state index is 5.55. The van der Waals surface area contributed by atoms with E-state index >= 15 is 0 Å². The summed E-state index contributed by atoms with van der Waals surface area (Å²) < 4.78 is 0. The molecule has 0 amide bonds. The molecule has 1 fully saturated rings. The van der Waals surface area contributed by atoms with Gasteiger partial charge < -0.3 is 11.1 Å². The Hall–Kier alpha value is -0.0800. The Morgan fingerprint density at radius 2 is 1.69 bits per heavy atom. The van der Waals surface area contributed by atoms with Gasteiger partial charge in [-0.15, -0.1) is 0 Å². The summed E-state index contributed by atoms with van der Waals surface area (Å²) >= 11 is 0. The average Bonchev–Trinajstić information content (AvgIpc) is 2.40. The smallest absolute Gasteiger partial charge is 0.0162 e. The third-order valence-corrected chi connectivity index (χ3v) is 4.34. The Bertz CT molecular complexity index is 171. The maximum Gasteiger partial charge on any atom is 0.0162 e. The van der Waals surface area contributed by atoms with E-state index in [-0.39, 0.29) is 0 Å². The van der Waals surface area contributed by atoms with Crippen molar-refractivity contribution in [3.63, 3.8) is 0 Å². The van der Waals surface area contributed by atoms with E-state index in [2.05, 4.69) is 39.9 Å². The normalized spacial score (nSPS) is 27.2. The molecule has 0 aliphatic heterocycles. The maximum atomic E-state index is 5.55. The van der Waals surface area contributed by atoms with Crippen LogP contribution in [-0.2, 0) is 0 Å². The van der Waals surface area contributed by atoms with Crippen molar-refractivity contribution < 1.29 is 0 Å². The fraction of sp³-hybridized carbons (Fsp3) is 1.00. The first-order chi connectivity index (χ1) is 5.84. The van der Waals surface area contributed by atoms with E-state index in [0.29, 0.717) is 16.9 Å². The van der Waals surface area contributed by atoms with Gasteiger partial charge in [0.05, 0.1) is 0 Å². The monoisotopic (exact) mass is 184 g/mol. The molecule has 0 saturated heterocycles. The van der Waals surface area contributed by atoms with Crippen LogP contribution in [0.4, 0.5) is 0 Å². The lowest BCUT2D eigenvalue weighted by Crippen LogP contribution is -2.35. The molecule has 2 heteroatoms. The molecule has 2 nitrogen and oxygen atoms in total. The van der Waals surface area contributed by atoms with E-state index in [1.807, 2.05) is 0 Å². The molecule has 1 saturated carbocycles. The van der Waals surface area contributed by atoms with Gasteiger partial charge >= 0.3 is 0 Å². The minimum absolute atomic E-state index is 0.451. The molecule has 3 N–H and O–H groups in total. The minimum Gasteiger partial charge on any atom is -0.329 e. The van der Waals surface area contributed by atoms with Crippen LogP contribution in [0.1, 0.15) is 34.6 Å². The lowest BCUT2D eigenvalue weighted by atomic mass is 10.0. The molecule has 1 aliphatic rings. The molecule has 0 radical (unpaired) electrons. The second kappa shape index (κ2) is 3.25. The summed E-state index contributed by atoms with van der Waals surface area (Å²) in [6.45, 7) is 13.4. The summed E-state index contributed by atoms with van der Waals surface area (Å²) in [4.78, 5) is 0. The topological polar surface area (TPSA) is 38.0 Å². The van der Waals surface area contributed by atoms with Gasteiger partial charge in [-0.25, -0.2) is 0 Å². The number of hydrogen-bond acceptors (Lipinski definition) is 2. The van der Waals surface area contributed by atoms with Gasteiger partial charge in [0, 0.05) is 12.6 Å². The van der Waals surface area contributed by atoms with Crippen LogP contribution < -0.4 is 11.1 Å². The van der Waals surface area contributed by atoms with Gasteiger partial charge in [0.15, 0.2) is 0 Å². The molecule has 0 aromatic rings.